The van der Waals surface area contributed by atoms with Crippen molar-refractivity contribution in [1.82, 2.24) is 0 Å². The molecule has 3 nitrogen and oxygen atoms in total. The fourth-order valence-corrected chi connectivity index (χ4v) is 2.22. The molecule has 2 rings (SSSR count). The van der Waals surface area contributed by atoms with Crippen molar-refractivity contribution in [1.29, 1.82) is 0 Å². The van der Waals surface area contributed by atoms with Crippen LogP contribution in [0.25, 0.3) is 0 Å². The molecule has 1 fully saturated rings. The average molecular weight is 243 g/mol. The maximum Gasteiger partial charge on any atom is 0.161 e. The lowest BCUT2D eigenvalue weighted by Gasteiger charge is -2.16. The van der Waals surface area contributed by atoms with E-state index < -0.39 is 0 Å². The fraction of sp³-hybridized carbons (Fsp3) is 0.400. The maximum absolute atomic E-state index is 11.7. The van der Waals surface area contributed by atoms with Crippen molar-refractivity contribution in [3.63, 3.8) is 0 Å². The number of ketones is 2. The van der Waals surface area contributed by atoms with Crippen molar-refractivity contribution >= 4 is 23.5 Å². The van der Waals surface area contributed by atoms with E-state index in [-0.39, 0.29) is 17.5 Å². The molecule has 0 aromatic heterocycles. The smallest absolute Gasteiger partial charge is 0.161 e. The summed E-state index contributed by atoms with van der Waals surface area (Å²) in [5.41, 5.74) is 1.26. The normalized spacial score (nSPS) is 20.3. The number of carbonyl (C=O) groups is 2. The van der Waals surface area contributed by atoms with E-state index in [2.05, 4.69) is 4.99 Å². The van der Waals surface area contributed by atoms with Gasteiger partial charge in [-0.1, -0.05) is 18.6 Å². The number of aliphatic imine (C=N–C) groups is 1. The summed E-state index contributed by atoms with van der Waals surface area (Å²) in [5, 5.41) is 0. The van der Waals surface area contributed by atoms with Gasteiger partial charge in [0.2, 0.25) is 0 Å². The number of hydrogen-bond acceptors (Lipinski definition) is 3. The number of Topliss-reactive ketones (excluding diaryl/α,β-unsaturated/α-hetero) is 2. The minimum atomic E-state index is -0.0706. The highest BCUT2D eigenvalue weighted by Gasteiger charge is 2.20. The molecule has 0 saturated heterocycles. The molecule has 1 atom stereocenters. The van der Waals surface area contributed by atoms with Crippen LogP contribution in [0.4, 0.5) is 5.69 Å². The molecular formula is C15H17NO2. The molecule has 94 valence electrons. The first-order valence-electron chi connectivity index (χ1n) is 6.35. The number of nitrogens with zero attached hydrogens (tertiary/aromatic N) is 1. The summed E-state index contributed by atoms with van der Waals surface area (Å²) in [6, 6.07) is 7.24. The SMILES string of the molecule is CC(=O)c1ccccc1N=C[C@@H]1CCCCC1=O. The molecule has 1 aromatic carbocycles. The summed E-state index contributed by atoms with van der Waals surface area (Å²) >= 11 is 0. The number of para-hydroxylation sites is 1. The van der Waals surface area contributed by atoms with Crippen molar-refractivity contribution < 1.29 is 9.59 Å². The zero-order valence-corrected chi connectivity index (χ0v) is 10.6. The predicted molar refractivity (Wildman–Crippen MR) is 71.6 cm³/mol. The van der Waals surface area contributed by atoms with Gasteiger partial charge in [0.25, 0.3) is 0 Å². The van der Waals surface area contributed by atoms with E-state index in [1.807, 2.05) is 12.1 Å². The molecule has 0 radical (unpaired) electrons. The van der Waals surface area contributed by atoms with E-state index in [4.69, 9.17) is 0 Å². The number of benzene rings is 1. The fourth-order valence-electron chi connectivity index (χ4n) is 2.22. The van der Waals surface area contributed by atoms with Crippen LogP contribution in [-0.2, 0) is 4.79 Å². The summed E-state index contributed by atoms with van der Waals surface area (Å²) in [4.78, 5) is 27.5. The molecule has 0 heterocycles. The van der Waals surface area contributed by atoms with E-state index in [0.717, 1.165) is 19.3 Å². The van der Waals surface area contributed by atoms with Crippen LogP contribution in [-0.4, -0.2) is 17.8 Å². The summed E-state index contributed by atoms with van der Waals surface area (Å²) in [7, 11) is 0. The first-order valence-corrected chi connectivity index (χ1v) is 6.35. The molecule has 0 amide bonds. The van der Waals surface area contributed by atoms with Crippen LogP contribution in [0.1, 0.15) is 43.0 Å². The molecule has 0 aliphatic heterocycles. The molecule has 1 aliphatic carbocycles. The zero-order valence-electron chi connectivity index (χ0n) is 10.6. The third kappa shape index (κ3) is 2.92. The Labute approximate surface area is 107 Å². The predicted octanol–water partition coefficient (Wildman–Crippen LogP) is 3.35. The number of hydrogen-bond donors (Lipinski definition) is 0. The van der Waals surface area contributed by atoms with E-state index in [1.54, 1.807) is 18.3 Å². The topological polar surface area (TPSA) is 46.5 Å². The molecule has 0 spiro atoms. The summed E-state index contributed by atoms with van der Waals surface area (Å²) < 4.78 is 0. The quantitative estimate of drug-likeness (QED) is 0.603. The van der Waals surface area contributed by atoms with E-state index in [9.17, 15) is 9.59 Å². The largest absolute Gasteiger partial charge is 0.299 e. The lowest BCUT2D eigenvalue weighted by Crippen LogP contribution is -2.19. The molecule has 1 saturated carbocycles. The Kier molecular flexibility index (Phi) is 4.03. The van der Waals surface area contributed by atoms with Gasteiger partial charge in [-0.05, 0) is 31.9 Å². The van der Waals surface area contributed by atoms with Crippen molar-refractivity contribution in [2.45, 2.75) is 32.6 Å². The molecule has 0 N–H and O–H groups in total. The second kappa shape index (κ2) is 5.71. The van der Waals surface area contributed by atoms with Crippen molar-refractivity contribution in [3.05, 3.63) is 29.8 Å². The van der Waals surface area contributed by atoms with Gasteiger partial charge in [0.05, 0.1) is 11.6 Å². The van der Waals surface area contributed by atoms with Crippen molar-refractivity contribution in [3.8, 4) is 0 Å². The minimum Gasteiger partial charge on any atom is -0.299 e. The van der Waals surface area contributed by atoms with Gasteiger partial charge < -0.3 is 0 Å². The summed E-state index contributed by atoms with van der Waals surface area (Å²) in [5.74, 6) is 0.196. The van der Waals surface area contributed by atoms with Gasteiger partial charge in [-0.3, -0.25) is 14.6 Å². The number of carbonyl (C=O) groups excluding carboxylic acids is 2. The first kappa shape index (κ1) is 12.7. The van der Waals surface area contributed by atoms with Gasteiger partial charge in [-0.2, -0.15) is 0 Å². The second-order valence-electron chi connectivity index (χ2n) is 4.67. The van der Waals surface area contributed by atoms with E-state index in [0.29, 0.717) is 17.7 Å². The molecule has 1 aliphatic rings. The molecule has 1 aromatic rings. The Hall–Kier alpha value is -1.77. The van der Waals surface area contributed by atoms with Gasteiger partial charge >= 0.3 is 0 Å². The molecule has 0 bridgehead atoms. The average Bonchev–Trinajstić information content (AvgIpc) is 2.38. The highest BCUT2D eigenvalue weighted by Crippen LogP contribution is 2.22. The van der Waals surface area contributed by atoms with Gasteiger partial charge in [0, 0.05) is 18.2 Å². The second-order valence-corrected chi connectivity index (χ2v) is 4.67. The maximum atomic E-state index is 11.7. The van der Waals surface area contributed by atoms with Crippen molar-refractivity contribution in [2.75, 3.05) is 0 Å². The van der Waals surface area contributed by atoms with Crippen LogP contribution in [0.15, 0.2) is 29.3 Å². The lowest BCUT2D eigenvalue weighted by atomic mass is 9.89. The van der Waals surface area contributed by atoms with Gasteiger partial charge in [0.1, 0.15) is 5.78 Å². The lowest BCUT2D eigenvalue weighted by molar-refractivity contribution is -0.122. The van der Waals surface area contributed by atoms with E-state index in [1.165, 1.54) is 6.92 Å². The Bertz CT molecular complexity index is 491. The van der Waals surface area contributed by atoms with Gasteiger partial charge in [-0.25, -0.2) is 0 Å². The standard InChI is InChI=1S/C15H17NO2/c1-11(17)13-7-3-4-8-14(13)16-10-12-6-2-5-9-15(12)18/h3-4,7-8,10,12H,2,5-6,9H2,1H3/t12-/m0/s1. The zero-order chi connectivity index (χ0) is 13.0. The molecule has 3 heteroatoms. The van der Waals surface area contributed by atoms with Gasteiger partial charge in [0.15, 0.2) is 5.78 Å². The van der Waals surface area contributed by atoms with Crippen LogP contribution in [0.3, 0.4) is 0 Å². The Balaban J connectivity index is 2.18. The Morgan fingerprint density at radius 3 is 2.83 bits per heavy atom. The van der Waals surface area contributed by atoms with Crippen LogP contribution in [0.5, 0.6) is 0 Å². The van der Waals surface area contributed by atoms with Gasteiger partial charge in [-0.15, -0.1) is 0 Å². The molecule has 0 unspecified atom stereocenters. The van der Waals surface area contributed by atoms with Crippen molar-refractivity contribution in [2.24, 2.45) is 10.9 Å². The number of rotatable bonds is 3. The van der Waals surface area contributed by atoms with Crippen LogP contribution >= 0.6 is 0 Å². The Morgan fingerprint density at radius 2 is 2.11 bits per heavy atom. The first-order chi connectivity index (χ1) is 8.68. The highest BCUT2D eigenvalue weighted by molar-refractivity contribution is 6.00. The summed E-state index contributed by atoms with van der Waals surface area (Å²) in [6.07, 6.45) is 5.32. The molecule has 18 heavy (non-hydrogen) atoms. The third-order valence-corrected chi connectivity index (χ3v) is 3.28. The monoisotopic (exact) mass is 243 g/mol. The summed E-state index contributed by atoms with van der Waals surface area (Å²) in [6.45, 7) is 1.53. The highest BCUT2D eigenvalue weighted by atomic mass is 16.1. The van der Waals surface area contributed by atoms with Crippen LogP contribution in [0, 0.1) is 5.92 Å². The minimum absolute atomic E-state index is 0.00211. The molecular weight excluding hydrogens is 226 g/mol. The van der Waals surface area contributed by atoms with E-state index >= 15 is 0 Å². The van der Waals surface area contributed by atoms with Crippen LogP contribution < -0.4 is 0 Å². The third-order valence-electron chi connectivity index (χ3n) is 3.28. The Morgan fingerprint density at radius 1 is 1.33 bits per heavy atom. The van der Waals surface area contributed by atoms with Crippen LogP contribution in [0.2, 0.25) is 0 Å².